The van der Waals surface area contributed by atoms with Crippen LogP contribution in [-0.2, 0) is 0 Å². The van der Waals surface area contributed by atoms with Crippen molar-refractivity contribution in [3.05, 3.63) is 90.1 Å². The van der Waals surface area contributed by atoms with Crippen molar-refractivity contribution in [2.75, 3.05) is 5.32 Å². The third kappa shape index (κ3) is 3.54. The fourth-order valence-corrected chi connectivity index (χ4v) is 2.71. The first-order valence-electron chi connectivity index (χ1n) is 8.20. The number of hydrogen-bond acceptors (Lipinski definition) is 2. The first-order chi connectivity index (χ1) is 11.6. The topological polar surface area (TPSA) is 29.1 Å². The molecule has 0 bridgehead atoms. The molecular weight excluding hydrogens is 294 g/mol. The van der Waals surface area contributed by atoms with Gasteiger partial charge in [-0.1, -0.05) is 68.4 Å². The Labute approximate surface area is 142 Å². The second-order valence-corrected chi connectivity index (χ2v) is 6.15. The average Bonchev–Trinajstić information content (AvgIpc) is 2.61. The lowest BCUT2D eigenvalue weighted by Crippen LogP contribution is -1.97. The van der Waals surface area contributed by atoms with Crippen molar-refractivity contribution in [1.29, 1.82) is 0 Å². The lowest BCUT2D eigenvalue weighted by atomic mass is 10.0. The van der Waals surface area contributed by atoms with Gasteiger partial charge in [-0.15, -0.1) is 0 Å². The lowest BCUT2D eigenvalue weighted by Gasteiger charge is -2.06. The van der Waals surface area contributed by atoms with Gasteiger partial charge >= 0.3 is 0 Å². The van der Waals surface area contributed by atoms with Gasteiger partial charge in [0.1, 0.15) is 0 Å². The Balaban J connectivity index is 1.73. The first-order valence-corrected chi connectivity index (χ1v) is 8.20. The molecule has 3 rings (SSSR count). The largest absolute Gasteiger partial charge is 0.362 e. The molecule has 0 saturated carbocycles. The summed E-state index contributed by atoms with van der Waals surface area (Å²) in [6, 6.07) is 22.0. The number of hydrogen-bond donors (Lipinski definition) is 1. The van der Waals surface area contributed by atoms with Crippen LogP contribution in [0.3, 0.4) is 0 Å². The quantitative estimate of drug-likeness (QED) is 0.478. The average molecular weight is 315 g/mol. The highest BCUT2D eigenvalue weighted by Gasteiger charge is 2.06. The summed E-state index contributed by atoms with van der Waals surface area (Å²) >= 11 is 0. The Bertz CT molecular complexity index is 871. The fourth-order valence-electron chi connectivity index (χ4n) is 2.71. The van der Waals surface area contributed by atoms with Gasteiger partial charge in [0, 0.05) is 23.5 Å². The number of benzene rings is 3. The standard InChI is InChI=1S/C22H21NO/c1-16(2)17-10-12-19(13-11-17)23-15-14-22(24)21-9-5-7-18-6-3-4-8-20(18)21/h3-16,23H,1-2H3/b15-14+. The predicted molar refractivity (Wildman–Crippen MR) is 102 cm³/mol. The van der Waals surface area contributed by atoms with Gasteiger partial charge in [0.15, 0.2) is 5.78 Å². The van der Waals surface area contributed by atoms with Crippen LogP contribution in [0.2, 0.25) is 0 Å². The Morgan fingerprint density at radius 2 is 1.62 bits per heavy atom. The molecule has 0 saturated heterocycles. The number of carbonyl (C=O) groups excluding carboxylic acids is 1. The molecule has 0 aliphatic rings. The molecule has 0 heterocycles. The van der Waals surface area contributed by atoms with Crippen molar-refractivity contribution < 1.29 is 4.79 Å². The molecule has 0 unspecified atom stereocenters. The van der Waals surface area contributed by atoms with E-state index in [1.165, 1.54) is 5.56 Å². The van der Waals surface area contributed by atoms with Crippen molar-refractivity contribution in [2.24, 2.45) is 0 Å². The number of anilines is 1. The molecule has 0 fully saturated rings. The number of allylic oxidation sites excluding steroid dienone is 1. The summed E-state index contributed by atoms with van der Waals surface area (Å²) in [5, 5.41) is 5.22. The molecule has 0 atom stereocenters. The van der Waals surface area contributed by atoms with Crippen LogP contribution in [0.1, 0.15) is 35.7 Å². The predicted octanol–water partition coefficient (Wildman–Crippen LogP) is 5.77. The molecule has 2 nitrogen and oxygen atoms in total. The Hall–Kier alpha value is -2.87. The van der Waals surface area contributed by atoms with Crippen molar-refractivity contribution in [3.8, 4) is 0 Å². The molecule has 120 valence electrons. The molecule has 0 radical (unpaired) electrons. The van der Waals surface area contributed by atoms with Gasteiger partial charge < -0.3 is 5.32 Å². The summed E-state index contributed by atoms with van der Waals surface area (Å²) in [6.45, 7) is 4.34. The summed E-state index contributed by atoms with van der Waals surface area (Å²) < 4.78 is 0. The fraction of sp³-hybridized carbons (Fsp3) is 0.136. The second kappa shape index (κ2) is 7.14. The summed E-state index contributed by atoms with van der Waals surface area (Å²) in [4.78, 5) is 12.5. The van der Waals surface area contributed by atoms with Gasteiger partial charge in [0.05, 0.1) is 0 Å². The Morgan fingerprint density at radius 3 is 2.38 bits per heavy atom. The molecule has 0 amide bonds. The molecule has 0 aromatic heterocycles. The summed E-state index contributed by atoms with van der Waals surface area (Å²) in [5.74, 6) is 0.514. The highest BCUT2D eigenvalue weighted by molar-refractivity contribution is 6.13. The first kappa shape index (κ1) is 16.0. The Kier molecular flexibility index (Phi) is 4.76. The maximum atomic E-state index is 12.5. The number of rotatable bonds is 5. The van der Waals surface area contributed by atoms with Gasteiger partial charge in [-0.3, -0.25) is 4.79 Å². The Morgan fingerprint density at radius 1 is 0.917 bits per heavy atom. The van der Waals surface area contributed by atoms with Crippen molar-refractivity contribution in [3.63, 3.8) is 0 Å². The van der Waals surface area contributed by atoms with Gasteiger partial charge in [-0.2, -0.15) is 0 Å². The number of nitrogens with one attached hydrogen (secondary N) is 1. The zero-order valence-corrected chi connectivity index (χ0v) is 14.0. The molecule has 3 aromatic carbocycles. The van der Waals surface area contributed by atoms with Crippen LogP contribution in [0.15, 0.2) is 79.0 Å². The van der Waals surface area contributed by atoms with E-state index < -0.39 is 0 Å². The van der Waals surface area contributed by atoms with Gasteiger partial charge in [-0.05, 0) is 34.4 Å². The number of fused-ring (bicyclic) bond motifs is 1. The SMILES string of the molecule is CC(C)c1ccc(N/C=C/C(=O)c2cccc3ccccc23)cc1. The zero-order chi connectivity index (χ0) is 16.9. The zero-order valence-electron chi connectivity index (χ0n) is 14.0. The molecule has 1 N–H and O–H groups in total. The highest BCUT2D eigenvalue weighted by Crippen LogP contribution is 2.20. The summed E-state index contributed by atoms with van der Waals surface area (Å²) in [5.41, 5.74) is 3.00. The van der Waals surface area contributed by atoms with Crippen LogP contribution < -0.4 is 5.32 Å². The maximum Gasteiger partial charge on any atom is 0.187 e. The lowest BCUT2D eigenvalue weighted by molar-refractivity contribution is 0.104. The van der Waals surface area contributed by atoms with E-state index in [4.69, 9.17) is 0 Å². The molecule has 0 spiro atoms. The van der Waals surface area contributed by atoms with Crippen LogP contribution in [0.25, 0.3) is 10.8 Å². The highest BCUT2D eigenvalue weighted by atomic mass is 16.1. The van der Waals surface area contributed by atoms with Crippen molar-refractivity contribution in [1.82, 2.24) is 0 Å². The van der Waals surface area contributed by atoms with E-state index in [9.17, 15) is 4.79 Å². The minimum absolute atomic E-state index is 0.00176. The van der Waals surface area contributed by atoms with Crippen LogP contribution >= 0.6 is 0 Å². The van der Waals surface area contributed by atoms with Crippen LogP contribution in [0, 0.1) is 0 Å². The van der Waals surface area contributed by atoms with E-state index in [1.807, 2.05) is 54.6 Å². The molecule has 0 aliphatic heterocycles. The smallest absolute Gasteiger partial charge is 0.187 e. The summed E-state index contributed by atoms with van der Waals surface area (Å²) in [7, 11) is 0. The van der Waals surface area contributed by atoms with Crippen LogP contribution in [0.4, 0.5) is 5.69 Å². The number of ketones is 1. The van der Waals surface area contributed by atoms with Crippen LogP contribution in [0.5, 0.6) is 0 Å². The van der Waals surface area contributed by atoms with Gasteiger partial charge in [0.25, 0.3) is 0 Å². The van der Waals surface area contributed by atoms with E-state index in [0.717, 1.165) is 22.0 Å². The molecule has 3 aromatic rings. The van der Waals surface area contributed by atoms with E-state index in [0.29, 0.717) is 5.92 Å². The minimum atomic E-state index is -0.00176. The van der Waals surface area contributed by atoms with Gasteiger partial charge in [-0.25, -0.2) is 0 Å². The molecular formula is C22H21NO. The monoisotopic (exact) mass is 315 g/mol. The molecule has 24 heavy (non-hydrogen) atoms. The second-order valence-electron chi connectivity index (χ2n) is 6.15. The molecule has 0 aliphatic carbocycles. The van der Waals surface area contributed by atoms with Crippen molar-refractivity contribution >= 4 is 22.2 Å². The maximum absolute atomic E-state index is 12.5. The van der Waals surface area contributed by atoms with Crippen LogP contribution in [-0.4, -0.2) is 5.78 Å². The van der Waals surface area contributed by atoms with Crippen molar-refractivity contribution in [2.45, 2.75) is 19.8 Å². The third-order valence-electron chi connectivity index (χ3n) is 4.12. The van der Waals surface area contributed by atoms with E-state index in [1.54, 1.807) is 12.3 Å². The normalized spacial score (nSPS) is 11.3. The van der Waals surface area contributed by atoms with E-state index in [-0.39, 0.29) is 5.78 Å². The van der Waals surface area contributed by atoms with Gasteiger partial charge in [0.2, 0.25) is 0 Å². The molecule has 2 heteroatoms. The summed E-state index contributed by atoms with van der Waals surface area (Å²) in [6.07, 6.45) is 3.28. The number of carbonyl (C=O) groups is 1. The minimum Gasteiger partial charge on any atom is -0.362 e. The third-order valence-corrected chi connectivity index (χ3v) is 4.12. The van der Waals surface area contributed by atoms with E-state index >= 15 is 0 Å². The van der Waals surface area contributed by atoms with E-state index in [2.05, 4.69) is 31.3 Å².